The Labute approximate surface area is 158 Å². The maximum absolute atomic E-state index is 13.1. The second-order valence-corrected chi connectivity index (χ2v) is 9.35. The van der Waals surface area contributed by atoms with Gasteiger partial charge in [-0.1, -0.05) is 31.0 Å². The molecule has 1 aliphatic carbocycles. The quantitative estimate of drug-likeness (QED) is 0.545. The zero-order valence-electron chi connectivity index (χ0n) is 15.5. The van der Waals surface area contributed by atoms with E-state index in [2.05, 4.69) is 35.6 Å². The minimum atomic E-state index is -0.125. The number of thiophene rings is 1. The van der Waals surface area contributed by atoms with Crippen molar-refractivity contribution >= 4 is 39.2 Å². The maximum Gasteiger partial charge on any atom is 0.236 e. The molecule has 0 aliphatic heterocycles. The van der Waals surface area contributed by atoms with Crippen LogP contribution in [-0.4, -0.2) is 38.6 Å². The molecule has 1 amide bonds. The molecule has 0 unspecified atom stereocenters. The van der Waals surface area contributed by atoms with Crippen molar-refractivity contribution in [2.45, 2.75) is 76.1 Å². The third kappa shape index (κ3) is 3.85. The van der Waals surface area contributed by atoms with Gasteiger partial charge < -0.3 is 4.90 Å². The summed E-state index contributed by atoms with van der Waals surface area (Å²) >= 11 is 3.28. The molecule has 0 N–H and O–H groups in total. The van der Waals surface area contributed by atoms with E-state index in [1.807, 2.05) is 6.92 Å². The normalized spacial score (nSPS) is 17.0. The summed E-state index contributed by atoms with van der Waals surface area (Å²) in [7, 11) is 0. The predicted octanol–water partition coefficient (Wildman–Crippen LogP) is 4.97. The van der Waals surface area contributed by atoms with Crippen molar-refractivity contribution in [3.8, 4) is 0 Å². The Kier molecular flexibility index (Phi) is 6.00. The van der Waals surface area contributed by atoms with Gasteiger partial charge in [0.1, 0.15) is 16.2 Å². The van der Waals surface area contributed by atoms with Crippen molar-refractivity contribution in [1.82, 2.24) is 14.9 Å². The van der Waals surface area contributed by atoms with E-state index < -0.39 is 0 Å². The molecule has 2 aromatic heterocycles. The second kappa shape index (κ2) is 8.04. The smallest absolute Gasteiger partial charge is 0.236 e. The number of nitrogens with zero attached hydrogens (tertiary/aromatic N) is 3. The highest BCUT2D eigenvalue weighted by atomic mass is 32.2. The Morgan fingerprint density at radius 3 is 2.72 bits per heavy atom. The first kappa shape index (κ1) is 18.6. The van der Waals surface area contributed by atoms with Crippen LogP contribution in [0.2, 0.25) is 0 Å². The summed E-state index contributed by atoms with van der Waals surface area (Å²) in [5, 5.41) is 1.93. The molecule has 0 saturated heterocycles. The Balaban J connectivity index is 1.79. The molecule has 6 heteroatoms. The molecule has 0 aromatic carbocycles. The molecule has 0 radical (unpaired) electrons. The molecule has 1 aliphatic rings. The number of rotatable bonds is 5. The highest BCUT2D eigenvalue weighted by Crippen LogP contribution is 2.36. The standard InChI is InChI=1S/C19H27N3OS2/c1-5-22(15-9-7-6-8-10-15)19(23)14(4)25-18-16-12(2)13(3)24-17(16)20-11-21-18/h11,14-15H,5-10H2,1-4H3/t14-/m1/s1. The largest absolute Gasteiger partial charge is 0.339 e. The number of fused-ring (bicyclic) bond motifs is 1. The third-order valence-corrected chi connectivity index (χ3v) is 7.41. The van der Waals surface area contributed by atoms with Crippen LogP contribution in [0.4, 0.5) is 0 Å². The molecular formula is C19H27N3OS2. The van der Waals surface area contributed by atoms with Crippen LogP contribution in [0, 0.1) is 13.8 Å². The first-order chi connectivity index (χ1) is 12.0. The van der Waals surface area contributed by atoms with Crippen LogP contribution in [0.3, 0.4) is 0 Å². The fraction of sp³-hybridized carbons (Fsp3) is 0.632. The number of thioether (sulfide) groups is 1. The zero-order valence-corrected chi connectivity index (χ0v) is 17.2. The monoisotopic (exact) mass is 377 g/mol. The lowest BCUT2D eigenvalue weighted by Crippen LogP contribution is -2.44. The van der Waals surface area contributed by atoms with Crippen molar-refractivity contribution in [2.75, 3.05) is 6.54 Å². The van der Waals surface area contributed by atoms with Crippen LogP contribution < -0.4 is 0 Å². The van der Waals surface area contributed by atoms with Crippen LogP contribution in [-0.2, 0) is 4.79 Å². The van der Waals surface area contributed by atoms with Gasteiger partial charge in [0.2, 0.25) is 5.91 Å². The van der Waals surface area contributed by atoms with Gasteiger partial charge in [-0.15, -0.1) is 11.3 Å². The average Bonchev–Trinajstić information content (AvgIpc) is 2.91. The van der Waals surface area contributed by atoms with Gasteiger partial charge >= 0.3 is 0 Å². The van der Waals surface area contributed by atoms with E-state index in [1.54, 1.807) is 29.4 Å². The van der Waals surface area contributed by atoms with Gasteiger partial charge in [-0.3, -0.25) is 4.79 Å². The highest BCUT2D eigenvalue weighted by molar-refractivity contribution is 8.00. The van der Waals surface area contributed by atoms with Crippen molar-refractivity contribution in [3.63, 3.8) is 0 Å². The van der Waals surface area contributed by atoms with Gasteiger partial charge in [-0.05, 0) is 46.1 Å². The van der Waals surface area contributed by atoms with Crippen LogP contribution >= 0.6 is 23.1 Å². The summed E-state index contributed by atoms with van der Waals surface area (Å²) in [6.45, 7) is 9.14. The average molecular weight is 378 g/mol. The van der Waals surface area contributed by atoms with Gasteiger partial charge in [0, 0.05) is 22.8 Å². The minimum Gasteiger partial charge on any atom is -0.339 e. The molecule has 2 aromatic rings. The van der Waals surface area contributed by atoms with Crippen LogP contribution in [0.25, 0.3) is 10.2 Å². The molecule has 3 rings (SSSR count). The number of carbonyl (C=O) groups excluding carboxylic acids is 1. The molecular weight excluding hydrogens is 350 g/mol. The minimum absolute atomic E-state index is 0.125. The molecule has 136 valence electrons. The van der Waals surface area contributed by atoms with Gasteiger partial charge in [0.25, 0.3) is 0 Å². The van der Waals surface area contributed by atoms with Crippen molar-refractivity contribution in [1.29, 1.82) is 0 Å². The van der Waals surface area contributed by atoms with Crippen molar-refractivity contribution in [2.24, 2.45) is 0 Å². The Bertz CT molecular complexity index is 752. The van der Waals surface area contributed by atoms with Crippen LogP contribution in [0.5, 0.6) is 0 Å². The predicted molar refractivity (Wildman–Crippen MR) is 106 cm³/mol. The number of aryl methyl sites for hydroxylation is 2. The Morgan fingerprint density at radius 2 is 2.04 bits per heavy atom. The number of aromatic nitrogens is 2. The lowest BCUT2D eigenvalue weighted by atomic mass is 9.94. The SMILES string of the molecule is CCN(C(=O)[C@@H](C)Sc1ncnc2sc(C)c(C)c12)C1CCCCC1. The summed E-state index contributed by atoms with van der Waals surface area (Å²) in [6.07, 6.45) is 7.72. The van der Waals surface area contributed by atoms with E-state index in [9.17, 15) is 4.79 Å². The summed E-state index contributed by atoms with van der Waals surface area (Å²) < 4.78 is 0. The fourth-order valence-electron chi connectivity index (χ4n) is 3.68. The van der Waals surface area contributed by atoms with Crippen molar-refractivity contribution < 1.29 is 4.79 Å². The summed E-state index contributed by atoms with van der Waals surface area (Å²) in [4.78, 5) is 26.3. The van der Waals surface area contributed by atoms with Gasteiger partial charge in [-0.25, -0.2) is 9.97 Å². The summed E-state index contributed by atoms with van der Waals surface area (Å²) in [5.74, 6) is 0.246. The molecule has 0 bridgehead atoms. The topological polar surface area (TPSA) is 46.1 Å². The number of hydrogen-bond donors (Lipinski definition) is 0. The van der Waals surface area contributed by atoms with Gasteiger partial charge in [0.15, 0.2) is 0 Å². The van der Waals surface area contributed by atoms with Gasteiger partial charge in [0.05, 0.1) is 5.25 Å². The molecule has 2 heterocycles. The summed E-state index contributed by atoms with van der Waals surface area (Å²) in [5.41, 5.74) is 1.24. The van der Waals surface area contributed by atoms with Crippen LogP contribution in [0.1, 0.15) is 56.4 Å². The summed E-state index contributed by atoms with van der Waals surface area (Å²) in [6, 6.07) is 0.421. The fourth-order valence-corrected chi connectivity index (χ4v) is 5.79. The molecule has 25 heavy (non-hydrogen) atoms. The molecule has 1 atom stereocenters. The van der Waals surface area contributed by atoms with E-state index >= 15 is 0 Å². The lowest BCUT2D eigenvalue weighted by molar-refractivity contribution is -0.133. The second-order valence-electron chi connectivity index (χ2n) is 6.82. The lowest BCUT2D eigenvalue weighted by Gasteiger charge is -2.35. The first-order valence-electron chi connectivity index (χ1n) is 9.20. The number of hydrogen-bond acceptors (Lipinski definition) is 5. The van der Waals surface area contributed by atoms with E-state index in [1.165, 1.54) is 29.7 Å². The number of carbonyl (C=O) groups is 1. The molecule has 4 nitrogen and oxygen atoms in total. The zero-order chi connectivity index (χ0) is 18.0. The maximum atomic E-state index is 13.1. The Morgan fingerprint density at radius 1 is 1.32 bits per heavy atom. The van der Waals surface area contributed by atoms with E-state index in [-0.39, 0.29) is 11.2 Å². The Hall–Kier alpha value is -1.14. The van der Waals surface area contributed by atoms with Crippen LogP contribution in [0.15, 0.2) is 11.4 Å². The number of amides is 1. The molecule has 1 fully saturated rings. The van der Waals surface area contributed by atoms with Gasteiger partial charge in [-0.2, -0.15) is 0 Å². The van der Waals surface area contributed by atoms with E-state index in [0.29, 0.717) is 6.04 Å². The first-order valence-corrected chi connectivity index (χ1v) is 10.9. The highest BCUT2D eigenvalue weighted by Gasteiger charge is 2.28. The van der Waals surface area contributed by atoms with E-state index in [0.717, 1.165) is 34.6 Å². The molecule has 0 spiro atoms. The third-order valence-electron chi connectivity index (χ3n) is 5.21. The van der Waals surface area contributed by atoms with E-state index in [4.69, 9.17) is 0 Å². The molecule has 1 saturated carbocycles. The van der Waals surface area contributed by atoms with Crippen molar-refractivity contribution in [3.05, 3.63) is 16.8 Å².